The minimum atomic E-state index is -3.19. The fourth-order valence-electron chi connectivity index (χ4n) is 3.41. The number of nitrogens with one attached hydrogen (secondary N) is 1. The first-order chi connectivity index (χ1) is 11.3. The van der Waals surface area contributed by atoms with Gasteiger partial charge in [0.2, 0.25) is 10.0 Å². The van der Waals surface area contributed by atoms with E-state index in [0.29, 0.717) is 25.9 Å². The Labute approximate surface area is 142 Å². The Hall–Kier alpha value is -1.86. The van der Waals surface area contributed by atoms with Gasteiger partial charge in [0.15, 0.2) is 0 Å². The number of aromatic nitrogens is 1. The molecule has 24 heavy (non-hydrogen) atoms. The van der Waals surface area contributed by atoms with Gasteiger partial charge in [-0.25, -0.2) is 12.7 Å². The van der Waals surface area contributed by atoms with Crippen LogP contribution in [0.1, 0.15) is 28.9 Å². The van der Waals surface area contributed by atoms with Crippen LogP contribution in [0.25, 0.3) is 10.9 Å². The van der Waals surface area contributed by atoms with Crippen molar-refractivity contribution in [3.8, 4) is 0 Å². The number of hydrogen-bond donors (Lipinski definition) is 1. The SMILES string of the molecule is Cc1[nH]c2ccccc2c1C(=O)N1CCC(N(C)S(C)(=O)=O)CC1. The highest BCUT2D eigenvalue weighted by Gasteiger charge is 2.30. The number of para-hydroxylation sites is 1. The third-order valence-corrected chi connectivity index (χ3v) is 6.24. The van der Waals surface area contributed by atoms with Crippen molar-refractivity contribution >= 4 is 26.8 Å². The monoisotopic (exact) mass is 349 g/mol. The highest BCUT2D eigenvalue weighted by molar-refractivity contribution is 7.88. The van der Waals surface area contributed by atoms with Crippen LogP contribution in [-0.2, 0) is 10.0 Å². The molecule has 1 amide bonds. The fraction of sp³-hybridized carbons (Fsp3) is 0.471. The maximum atomic E-state index is 12.9. The zero-order valence-corrected chi connectivity index (χ0v) is 15.1. The van der Waals surface area contributed by atoms with Crippen LogP contribution in [0.4, 0.5) is 0 Å². The largest absolute Gasteiger partial charge is 0.358 e. The van der Waals surface area contributed by atoms with Gasteiger partial charge in [-0.15, -0.1) is 0 Å². The number of carbonyl (C=O) groups is 1. The van der Waals surface area contributed by atoms with Crippen molar-refractivity contribution in [2.75, 3.05) is 26.4 Å². The molecule has 1 N–H and O–H groups in total. The number of H-pyrrole nitrogens is 1. The van der Waals surface area contributed by atoms with E-state index in [1.807, 2.05) is 36.1 Å². The van der Waals surface area contributed by atoms with Crippen LogP contribution in [0.5, 0.6) is 0 Å². The Bertz CT molecular complexity index is 864. The van der Waals surface area contributed by atoms with Crippen LogP contribution in [0, 0.1) is 6.92 Å². The lowest BCUT2D eigenvalue weighted by atomic mass is 10.0. The summed E-state index contributed by atoms with van der Waals surface area (Å²) in [7, 11) is -1.58. The first kappa shape index (κ1) is 17.0. The van der Waals surface area contributed by atoms with Gasteiger partial charge in [-0.1, -0.05) is 18.2 Å². The van der Waals surface area contributed by atoms with Gasteiger partial charge < -0.3 is 9.88 Å². The molecule has 0 spiro atoms. The molecule has 0 radical (unpaired) electrons. The number of aromatic amines is 1. The van der Waals surface area contributed by atoms with E-state index in [4.69, 9.17) is 0 Å². The predicted molar refractivity (Wildman–Crippen MR) is 94.6 cm³/mol. The van der Waals surface area contributed by atoms with Crippen molar-refractivity contribution in [3.05, 3.63) is 35.5 Å². The number of sulfonamides is 1. The average Bonchev–Trinajstić information content (AvgIpc) is 2.88. The zero-order valence-electron chi connectivity index (χ0n) is 14.2. The third-order valence-electron chi connectivity index (χ3n) is 4.90. The van der Waals surface area contributed by atoms with Crippen LogP contribution < -0.4 is 0 Å². The summed E-state index contributed by atoms with van der Waals surface area (Å²) in [6.07, 6.45) is 2.55. The maximum absolute atomic E-state index is 12.9. The highest BCUT2D eigenvalue weighted by Crippen LogP contribution is 2.25. The molecule has 0 atom stereocenters. The molecular weight excluding hydrogens is 326 g/mol. The van der Waals surface area contributed by atoms with Gasteiger partial charge >= 0.3 is 0 Å². The summed E-state index contributed by atoms with van der Waals surface area (Å²) in [5.41, 5.74) is 2.56. The van der Waals surface area contributed by atoms with Crippen LogP contribution in [0.3, 0.4) is 0 Å². The third kappa shape index (κ3) is 3.06. The summed E-state index contributed by atoms with van der Waals surface area (Å²) in [6.45, 7) is 3.06. The number of amides is 1. The lowest BCUT2D eigenvalue weighted by Gasteiger charge is -2.35. The molecular formula is C17H23N3O3S. The Morgan fingerprint density at radius 1 is 1.25 bits per heavy atom. The van der Waals surface area contributed by atoms with E-state index in [9.17, 15) is 13.2 Å². The fourth-order valence-corrected chi connectivity index (χ4v) is 4.17. The van der Waals surface area contributed by atoms with Gasteiger partial charge in [-0.05, 0) is 25.8 Å². The van der Waals surface area contributed by atoms with Gasteiger partial charge in [0.05, 0.1) is 11.8 Å². The van der Waals surface area contributed by atoms with Crippen molar-refractivity contribution in [1.29, 1.82) is 0 Å². The van der Waals surface area contributed by atoms with Gasteiger partial charge in [0.25, 0.3) is 5.91 Å². The summed E-state index contributed by atoms with van der Waals surface area (Å²) < 4.78 is 24.8. The molecule has 3 rings (SSSR count). The number of fused-ring (bicyclic) bond motifs is 1. The van der Waals surface area contributed by atoms with Crippen LogP contribution in [0.15, 0.2) is 24.3 Å². The highest BCUT2D eigenvalue weighted by atomic mass is 32.2. The standard InChI is InChI=1S/C17H23N3O3S/c1-12-16(14-6-4-5-7-15(14)18-12)17(21)20-10-8-13(9-11-20)19(2)24(3,22)23/h4-7,13,18H,8-11H2,1-3H3. The molecule has 130 valence electrons. The van der Waals surface area contributed by atoms with Crippen molar-refractivity contribution in [1.82, 2.24) is 14.2 Å². The van der Waals surface area contributed by atoms with E-state index in [0.717, 1.165) is 22.2 Å². The summed E-state index contributed by atoms with van der Waals surface area (Å²) in [4.78, 5) is 18.0. The van der Waals surface area contributed by atoms with E-state index >= 15 is 0 Å². The number of benzene rings is 1. The number of piperidine rings is 1. The van der Waals surface area contributed by atoms with Gasteiger partial charge in [0, 0.05) is 42.8 Å². The molecule has 6 nitrogen and oxygen atoms in total. The number of hydrogen-bond acceptors (Lipinski definition) is 3. The topological polar surface area (TPSA) is 73.5 Å². The Kier molecular flexibility index (Phi) is 4.40. The first-order valence-electron chi connectivity index (χ1n) is 8.08. The lowest BCUT2D eigenvalue weighted by molar-refractivity contribution is 0.0687. The number of likely N-dealkylation sites (tertiary alicyclic amines) is 1. The van der Waals surface area contributed by atoms with Crippen molar-refractivity contribution in [3.63, 3.8) is 0 Å². The Balaban J connectivity index is 1.77. The summed E-state index contributed by atoms with van der Waals surface area (Å²) >= 11 is 0. The quantitative estimate of drug-likeness (QED) is 0.921. The molecule has 1 aliphatic rings. The summed E-state index contributed by atoms with van der Waals surface area (Å²) in [6, 6.07) is 7.76. The molecule has 0 unspecified atom stereocenters. The molecule has 1 aliphatic heterocycles. The number of rotatable bonds is 3. The predicted octanol–water partition coefficient (Wildman–Crippen LogP) is 1.97. The Morgan fingerprint density at radius 3 is 2.50 bits per heavy atom. The lowest BCUT2D eigenvalue weighted by Crippen LogP contribution is -2.47. The molecule has 1 fully saturated rings. The second kappa shape index (κ2) is 6.22. The van der Waals surface area contributed by atoms with Gasteiger partial charge in [-0.2, -0.15) is 0 Å². The smallest absolute Gasteiger partial charge is 0.256 e. The zero-order chi connectivity index (χ0) is 17.5. The second-order valence-electron chi connectivity index (χ2n) is 6.47. The molecule has 0 bridgehead atoms. The number of carbonyl (C=O) groups excluding carboxylic acids is 1. The summed E-state index contributed by atoms with van der Waals surface area (Å²) in [5.74, 6) is 0.0189. The minimum absolute atomic E-state index is 0.0189. The minimum Gasteiger partial charge on any atom is -0.358 e. The van der Waals surface area contributed by atoms with Crippen LogP contribution >= 0.6 is 0 Å². The molecule has 2 heterocycles. The number of nitrogens with zero attached hydrogens (tertiary/aromatic N) is 2. The second-order valence-corrected chi connectivity index (χ2v) is 8.52. The normalized spacial score (nSPS) is 16.9. The van der Waals surface area contributed by atoms with Crippen molar-refractivity contribution < 1.29 is 13.2 Å². The van der Waals surface area contributed by atoms with Crippen LogP contribution in [-0.4, -0.2) is 60.9 Å². The van der Waals surface area contributed by atoms with E-state index in [1.165, 1.54) is 10.6 Å². The first-order valence-corrected chi connectivity index (χ1v) is 9.93. The molecule has 1 saturated heterocycles. The van der Waals surface area contributed by atoms with E-state index in [1.54, 1.807) is 7.05 Å². The molecule has 7 heteroatoms. The van der Waals surface area contributed by atoms with Gasteiger partial charge in [-0.3, -0.25) is 4.79 Å². The molecule has 0 saturated carbocycles. The van der Waals surface area contributed by atoms with E-state index in [2.05, 4.69) is 4.98 Å². The summed E-state index contributed by atoms with van der Waals surface area (Å²) in [5, 5.41) is 0.940. The molecule has 1 aromatic heterocycles. The Morgan fingerprint density at radius 2 is 1.88 bits per heavy atom. The van der Waals surface area contributed by atoms with E-state index in [-0.39, 0.29) is 11.9 Å². The van der Waals surface area contributed by atoms with Crippen molar-refractivity contribution in [2.24, 2.45) is 0 Å². The number of aryl methyl sites for hydroxylation is 1. The van der Waals surface area contributed by atoms with E-state index < -0.39 is 10.0 Å². The van der Waals surface area contributed by atoms with Crippen LogP contribution in [0.2, 0.25) is 0 Å². The van der Waals surface area contributed by atoms with Crippen molar-refractivity contribution in [2.45, 2.75) is 25.8 Å². The molecule has 0 aliphatic carbocycles. The maximum Gasteiger partial charge on any atom is 0.256 e. The average molecular weight is 349 g/mol. The molecule has 1 aromatic carbocycles. The van der Waals surface area contributed by atoms with Gasteiger partial charge in [0.1, 0.15) is 0 Å². The molecule has 2 aromatic rings.